The summed E-state index contributed by atoms with van der Waals surface area (Å²) in [5, 5.41) is 9.00. The molecule has 3 atom stereocenters. The molecule has 1 aliphatic carbocycles. The number of likely N-dealkylation sites (N-methyl/N-ethyl adjacent to an activating group) is 1. The molecule has 1 amide bonds. The molecule has 1 saturated carbocycles. The Bertz CT molecular complexity index is 370. The Hall–Kier alpha value is -1.10. The van der Waals surface area contributed by atoms with Gasteiger partial charge in [-0.05, 0) is 45.6 Å². The van der Waals surface area contributed by atoms with Crippen molar-refractivity contribution in [1.29, 1.82) is 0 Å². The summed E-state index contributed by atoms with van der Waals surface area (Å²) in [7, 11) is 1.71. The summed E-state index contributed by atoms with van der Waals surface area (Å²) >= 11 is 0. The van der Waals surface area contributed by atoms with Crippen LogP contribution in [0, 0.1) is 5.92 Å². The molecule has 3 unspecified atom stereocenters. The molecule has 20 heavy (non-hydrogen) atoms. The van der Waals surface area contributed by atoms with Gasteiger partial charge in [0.2, 0.25) is 5.91 Å². The lowest BCUT2D eigenvalue weighted by Crippen LogP contribution is -2.53. The van der Waals surface area contributed by atoms with Crippen LogP contribution < -0.4 is 0 Å². The van der Waals surface area contributed by atoms with Gasteiger partial charge in [-0.2, -0.15) is 0 Å². The van der Waals surface area contributed by atoms with Crippen molar-refractivity contribution in [2.45, 2.75) is 57.5 Å². The van der Waals surface area contributed by atoms with Crippen molar-refractivity contribution in [3.05, 3.63) is 0 Å². The highest BCUT2D eigenvalue weighted by Gasteiger charge is 2.36. The zero-order chi connectivity index (χ0) is 14.7. The summed E-state index contributed by atoms with van der Waals surface area (Å²) in [5.41, 5.74) is 0. The van der Waals surface area contributed by atoms with Gasteiger partial charge in [-0.15, -0.1) is 0 Å². The van der Waals surface area contributed by atoms with Crippen molar-refractivity contribution in [1.82, 2.24) is 9.80 Å². The van der Waals surface area contributed by atoms with E-state index in [9.17, 15) is 9.59 Å². The van der Waals surface area contributed by atoms with Crippen LogP contribution in [0.15, 0.2) is 0 Å². The minimum atomic E-state index is -0.880. The fraction of sp³-hybridized carbons (Fsp3) is 0.867. The zero-order valence-corrected chi connectivity index (χ0v) is 12.5. The van der Waals surface area contributed by atoms with Gasteiger partial charge in [-0.3, -0.25) is 14.5 Å². The lowest BCUT2D eigenvalue weighted by atomic mass is 9.78. The van der Waals surface area contributed by atoms with Gasteiger partial charge in [0.1, 0.15) is 6.04 Å². The molecular weight excluding hydrogens is 256 g/mol. The predicted molar refractivity (Wildman–Crippen MR) is 76.4 cm³/mol. The number of hydrogen-bond donors (Lipinski definition) is 1. The summed E-state index contributed by atoms with van der Waals surface area (Å²) < 4.78 is 0. The molecule has 1 N–H and O–H groups in total. The van der Waals surface area contributed by atoms with E-state index in [0.717, 1.165) is 19.4 Å². The number of fused-ring (bicyclic) bond motifs is 1. The zero-order valence-electron chi connectivity index (χ0n) is 12.5. The second-order valence-corrected chi connectivity index (χ2v) is 6.27. The van der Waals surface area contributed by atoms with E-state index < -0.39 is 12.0 Å². The number of likely N-dealkylation sites (tertiary alicyclic amines) is 1. The number of rotatable bonds is 4. The van der Waals surface area contributed by atoms with Crippen LogP contribution in [0.3, 0.4) is 0 Å². The highest BCUT2D eigenvalue weighted by molar-refractivity contribution is 5.80. The van der Waals surface area contributed by atoms with E-state index in [2.05, 4.69) is 0 Å². The molecule has 0 radical (unpaired) electrons. The Morgan fingerprint density at radius 3 is 2.60 bits per heavy atom. The topological polar surface area (TPSA) is 60.9 Å². The van der Waals surface area contributed by atoms with E-state index in [1.807, 2.05) is 4.90 Å². The quantitative estimate of drug-likeness (QED) is 0.850. The predicted octanol–water partition coefficient (Wildman–Crippen LogP) is 1.57. The number of carboxylic acid groups (broad SMARTS) is 1. The van der Waals surface area contributed by atoms with Gasteiger partial charge in [0, 0.05) is 12.6 Å². The molecule has 1 aliphatic heterocycles. The van der Waals surface area contributed by atoms with Crippen molar-refractivity contribution >= 4 is 11.9 Å². The average molecular weight is 282 g/mol. The second kappa shape index (κ2) is 6.57. The molecule has 0 spiro atoms. The van der Waals surface area contributed by atoms with Gasteiger partial charge in [-0.1, -0.05) is 12.8 Å². The fourth-order valence-corrected chi connectivity index (χ4v) is 3.56. The molecule has 1 saturated heterocycles. The van der Waals surface area contributed by atoms with Crippen molar-refractivity contribution in [3.8, 4) is 0 Å². The molecular formula is C15H26N2O3. The third-order valence-electron chi connectivity index (χ3n) is 4.97. The normalized spacial score (nSPS) is 28.1. The van der Waals surface area contributed by atoms with Crippen LogP contribution in [0.1, 0.15) is 45.4 Å². The van der Waals surface area contributed by atoms with Gasteiger partial charge in [0.05, 0.1) is 6.54 Å². The summed E-state index contributed by atoms with van der Waals surface area (Å²) in [4.78, 5) is 27.1. The minimum absolute atomic E-state index is 0.0946. The molecule has 2 fully saturated rings. The number of carboxylic acids is 1. The lowest BCUT2D eigenvalue weighted by Gasteiger charge is -2.44. The van der Waals surface area contributed by atoms with Crippen LogP contribution in [0.25, 0.3) is 0 Å². The third-order valence-corrected chi connectivity index (χ3v) is 4.97. The molecule has 5 heteroatoms. The Morgan fingerprint density at radius 2 is 1.90 bits per heavy atom. The molecule has 0 aromatic carbocycles. The lowest BCUT2D eigenvalue weighted by molar-refractivity contribution is -0.144. The van der Waals surface area contributed by atoms with Crippen molar-refractivity contribution in [2.75, 3.05) is 20.1 Å². The number of amides is 1. The van der Waals surface area contributed by atoms with Gasteiger partial charge in [-0.25, -0.2) is 0 Å². The van der Waals surface area contributed by atoms with E-state index in [1.54, 1.807) is 18.9 Å². The Morgan fingerprint density at radius 1 is 1.25 bits per heavy atom. The third kappa shape index (κ3) is 3.32. The van der Waals surface area contributed by atoms with Crippen LogP contribution in [0.2, 0.25) is 0 Å². The highest BCUT2D eigenvalue weighted by Crippen LogP contribution is 2.35. The monoisotopic (exact) mass is 282 g/mol. The molecule has 114 valence electrons. The van der Waals surface area contributed by atoms with Crippen molar-refractivity contribution < 1.29 is 14.7 Å². The molecule has 2 rings (SSSR count). The molecule has 0 aromatic heterocycles. The first-order chi connectivity index (χ1) is 9.50. The van der Waals surface area contributed by atoms with Gasteiger partial charge in [0.25, 0.3) is 0 Å². The van der Waals surface area contributed by atoms with Crippen LogP contribution in [0.5, 0.6) is 0 Å². The summed E-state index contributed by atoms with van der Waals surface area (Å²) in [5.74, 6) is -0.115. The van der Waals surface area contributed by atoms with Crippen LogP contribution in [-0.4, -0.2) is 59.0 Å². The largest absolute Gasteiger partial charge is 0.480 e. The maximum atomic E-state index is 12.5. The Balaban J connectivity index is 1.95. The average Bonchev–Trinajstić information content (AvgIpc) is 2.45. The Labute approximate surface area is 120 Å². The van der Waals surface area contributed by atoms with E-state index in [4.69, 9.17) is 5.11 Å². The SMILES string of the molecule is CC(C(=O)O)N(C)CC(=O)N1CCCC2CCCCC21. The number of carbonyl (C=O) groups excluding carboxylic acids is 1. The number of aliphatic carboxylic acids is 1. The van der Waals surface area contributed by atoms with Crippen molar-refractivity contribution in [2.24, 2.45) is 5.92 Å². The first kappa shape index (κ1) is 15.3. The van der Waals surface area contributed by atoms with E-state index >= 15 is 0 Å². The summed E-state index contributed by atoms with van der Waals surface area (Å²) in [6.45, 7) is 2.67. The first-order valence-electron chi connectivity index (χ1n) is 7.73. The highest BCUT2D eigenvalue weighted by atomic mass is 16.4. The molecule has 1 heterocycles. The summed E-state index contributed by atoms with van der Waals surface area (Å²) in [6.07, 6.45) is 7.21. The van der Waals surface area contributed by atoms with E-state index in [1.165, 1.54) is 25.7 Å². The molecule has 5 nitrogen and oxygen atoms in total. The smallest absolute Gasteiger partial charge is 0.320 e. The van der Waals surface area contributed by atoms with Gasteiger partial charge < -0.3 is 10.0 Å². The van der Waals surface area contributed by atoms with Gasteiger partial charge in [0.15, 0.2) is 0 Å². The van der Waals surface area contributed by atoms with Crippen molar-refractivity contribution in [3.63, 3.8) is 0 Å². The number of hydrogen-bond acceptors (Lipinski definition) is 3. The fourth-order valence-electron chi connectivity index (χ4n) is 3.56. The number of carbonyl (C=O) groups is 2. The van der Waals surface area contributed by atoms with E-state index in [0.29, 0.717) is 12.0 Å². The number of piperidine rings is 1. The van der Waals surface area contributed by atoms with E-state index in [-0.39, 0.29) is 12.5 Å². The van der Waals surface area contributed by atoms with Crippen LogP contribution >= 0.6 is 0 Å². The van der Waals surface area contributed by atoms with Crippen LogP contribution in [0.4, 0.5) is 0 Å². The molecule has 0 bridgehead atoms. The minimum Gasteiger partial charge on any atom is -0.480 e. The number of nitrogens with zero attached hydrogens (tertiary/aromatic N) is 2. The second-order valence-electron chi connectivity index (χ2n) is 6.27. The standard InChI is InChI=1S/C15H26N2O3/c1-11(15(19)20)16(2)10-14(18)17-9-5-7-12-6-3-4-8-13(12)17/h11-13H,3-10H2,1-2H3,(H,19,20). The van der Waals surface area contributed by atoms with Gasteiger partial charge >= 0.3 is 5.97 Å². The Kier molecular flexibility index (Phi) is 5.02. The maximum absolute atomic E-state index is 12.5. The maximum Gasteiger partial charge on any atom is 0.320 e. The first-order valence-corrected chi connectivity index (χ1v) is 7.73. The summed E-state index contributed by atoms with van der Waals surface area (Å²) in [6, 6.07) is -0.218. The molecule has 2 aliphatic rings. The molecule has 0 aromatic rings. The van der Waals surface area contributed by atoms with Crippen LogP contribution in [-0.2, 0) is 9.59 Å².